The normalized spacial score (nSPS) is 14.2. The first-order valence-electron chi connectivity index (χ1n) is 4.96. The fraction of sp³-hybridized carbons (Fsp3) is 0.462. The van der Waals surface area contributed by atoms with Gasteiger partial charge >= 0.3 is 5.97 Å². The molecule has 0 aromatic carbocycles. The van der Waals surface area contributed by atoms with Gasteiger partial charge in [0, 0.05) is 19.1 Å². The number of rotatable bonds is 5. The molecule has 0 saturated heterocycles. The molecular formula is C13H18O3. The maximum absolute atomic E-state index is 11.1. The minimum Gasteiger partial charge on any atom is -0.466 e. The van der Waals surface area contributed by atoms with Crippen molar-refractivity contribution in [3.05, 3.63) is 23.3 Å². The molecule has 3 nitrogen and oxygen atoms in total. The number of hydrogen-bond acceptors (Lipinski definition) is 3. The number of carbonyl (C=O) groups is 1. The maximum Gasteiger partial charge on any atom is 0.333 e. The molecule has 0 heterocycles. The summed E-state index contributed by atoms with van der Waals surface area (Å²) in [5, 5.41) is 0. The Morgan fingerprint density at radius 2 is 2.00 bits per heavy atom. The molecule has 0 radical (unpaired) electrons. The van der Waals surface area contributed by atoms with Crippen LogP contribution < -0.4 is 0 Å². The summed E-state index contributed by atoms with van der Waals surface area (Å²) in [4.78, 5) is 11.1. The summed E-state index contributed by atoms with van der Waals surface area (Å²) in [6, 6.07) is 0. The molecule has 0 aromatic heterocycles. The lowest BCUT2D eigenvalue weighted by molar-refractivity contribution is -0.136. The Labute approximate surface area is 97.1 Å². The molecular weight excluding hydrogens is 204 g/mol. The first-order chi connectivity index (χ1) is 7.56. The van der Waals surface area contributed by atoms with Gasteiger partial charge in [0.15, 0.2) is 0 Å². The third-order valence-corrected chi connectivity index (χ3v) is 2.20. The van der Waals surface area contributed by atoms with E-state index in [9.17, 15) is 4.79 Å². The molecule has 0 unspecified atom stereocenters. The number of ether oxygens (including phenoxy) is 2. The van der Waals surface area contributed by atoms with Crippen molar-refractivity contribution in [2.24, 2.45) is 0 Å². The molecule has 1 atom stereocenters. The molecule has 0 aliphatic heterocycles. The van der Waals surface area contributed by atoms with Crippen LogP contribution in [0.2, 0.25) is 0 Å². The van der Waals surface area contributed by atoms with Crippen molar-refractivity contribution >= 4 is 5.97 Å². The third kappa shape index (κ3) is 4.81. The number of hydrogen-bond donors (Lipinski definition) is 0. The Bertz CT molecular complexity index is 332. The summed E-state index contributed by atoms with van der Waals surface area (Å²) >= 11 is 0. The second-order valence-corrected chi connectivity index (χ2v) is 3.38. The molecule has 0 bridgehead atoms. The lowest BCUT2D eigenvalue weighted by Gasteiger charge is -2.12. The summed E-state index contributed by atoms with van der Waals surface area (Å²) in [6.07, 6.45) is 9.15. The second kappa shape index (κ2) is 7.72. The average Bonchev–Trinajstić information content (AvgIpc) is 2.31. The van der Waals surface area contributed by atoms with E-state index in [1.807, 2.05) is 13.0 Å². The summed E-state index contributed by atoms with van der Waals surface area (Å²) in [6.45, 7) is 3.60. The van der Waals surface area contributed by atoms with E-state index in [1.165, 1.54) is 7.11 Å². The van der Waals surface area contributed by atoms with Crippen molar-refractivity contribution in [2.75, 3.05) is 14.2 Å². The van der Waals surface area contributed by atoms with Gasteiger partial charge in [-0.25, -0.2) is 4.79 Å². The van der Waals surface area contributed by atoms with E-state index in [4.69, 9.17) is 11.2 Å². The number of allylic oxidation sites excluding steroid dienone is 2. The zero-order valence-corrected chi connectivity index (χ0v) is 10.2. The molecule has 0 amide bonds. The van der Waals surface area contributed by atoms with E-state index in [1.54, 1.807) is 20.1 Å². The van der Waals surface area contributed by atoms with Crippen molar-refractivity contribution in [2.45, 2.75) is 26.4 Å². The number of esters is 1. The first-order valence-corrected chi connectivity index (χ1v) is 4.96. The highest BCUT2D eigenvalue weighted by Gasteiger charge is 2.07. The van der Waals surface area contributed by atoms with Crippen LogP contribution in [0.5, 0.6) is 0 Å². The SMILES string of the molecule is C#CC[C@@H](OC)/C(C)=C\C=C(/C)C(=O)OC. The van der Waals surface area contributed by atoms with Crippen molar-refractivity contribution < 1.29 is 14.3 Å². The van der Waals surface area contributed by atoms with Crippen LogP contribution in [0, 0.1) is 12.3 Å². The maximum atomic E-state index is 11.1. The molecule has 16 heavy (non-hydrogen) atoms. The third-order valence-electron chi connectivity index (χ3n) is 2.20. The molecule has 88 valence electrons. The summed E-state index contributed by atoms with van der Waals surface area (Å²) in [5.74, 6) is 2.21. The number of carbonyl (C=O) groups excluding carboxylic acids is 1. The van der Waals surface area contributed by atoms with Gasteiger partial charge in [-0.1, -0.05) is 12.2 Å². The van der Waals surface area contributed by atoms with E-state index >= 15 is 0 Å². The van der Waals surface area contributed by atoms with Crippen molar-refractivity contribution in [1.29, 1.82) is 0 Å². The minimum atomic E-state index is -0.338. The van der Waals surface area contributed by atoms with E-state index in [2.05, 4.69) is 10.7 Å². The van der Waals surface area contributed by atoms with Crippen molar-refractivity contribution in [1.82, 2.24) is 0 Å². The Balaban J connectivity index is 4.65. The zero-order chi connectivity index (χ0) is 12.6. The Morgan fingerprint density at radius 3 is 2.44 bits per heavy atom. The van der Waals surface area contributed by atoms with Crippen LogP contribution in [0.3, 0.4) is 0 Å². The van der Waals surface area contributed by atoms with Crippen molar-refractivity contribution in [3.63, 3.8) is 0 Å². The molecule has 0 rings (SSSR count). The molecule has 0 N–H and O–H groups in total. The largest absolute Gasteiger partial charge is 0.466 e. The predicted molar refractivity (Wildman–Crippen MR) is 63.8 cm³/mol. The smallest absolute Gasteiger partial charge is 0.333 e. The van der Waals surface area contributed by atoms with E-state index < -0.39 is 0 Å². The van der Waals surface area contributed by atoms with Gasteiger partial charge in [-0.2, -0.15) is 0 Å². The van der Waals surface area contributed by atoms with Crippen LogP contribution in [0.4, 0.5) is 0 Å². The van der Waals surface area contributed by atoms with Gasteiger partial charge in [-0.05, 0) is 19.4 Å². The van der Waals surface area contributed by atoms with Crippen LogP contribution in [0.25, 0.3) is 0 Å². The monoisotopic (exact) mass is 222 g/mol. The molecule has 3 heteroatoms. The average molecular weight is 222 g/mol. The lowest BCUT2D eigenvalue weighted by atomic mass is 10.1. The van der Waals surface area contributed by atoms with Gasteiger partial charge in [0.25, 0.3) is 0 Å². The Kier molecular flexibility index (Phi) is 6.98. The fourth-order valence-corrected chi connectivity index (χ4v) is 1.13. The Hall–Kier alpha value is -1.53. The number of methoxy groups -OCH3 is 2. The molecule has 0 saturated carbocycles. The molecule has 0 fully saturated rings. The summed E-state index contributed by atoms with van der Waals surface area (Å²) < 4.78 is 9.79. The van der Waals surface area contributed by atoms with Crippen molar-refractivity contribution in [3.8, 4) is 12.3 Å². The molecule has 0 aliphatic rings. The highest BCUT2D eigenvalue weighted by atomic mass is 16.5. The van der Waals surface area contributed by atoms with Gasteiger partial charge in [0.2, 0.25) is 0 Å². The van der Waals surface area contributed by atoms with Crippen LogP contribution >= 0.6 is 0 Å². The van der Waals surface area contributed by atoms with E-state index in [0.29, 0.717) is 12.0 Å². The summed E-state index contributed by atoms with van der Waals surface area (Å²) in [5.41, 5.74) is 1.51. The van der Waals surface area contributed by atoms with E-state index in [0.717, 1.165) is 5.57 Å². The standard InChI is InChI=1S/C13H18O3/c1-6-7-12(15-4)10(2)8-9-11(3)13(14)16-5/h1,8-9,12H,7H2,2-5H3/b10-8-,11-9+/t12-/m1/s1. The summed E-state index contributed by atoms with van der Waals surface area (Å²) in [7, 11) is 2.96. The Morgan fingerprint density at radius 1 is 1.38 bits per heavy atom. The minimum absolute atomic E-state index is 0.105. The van der Waals surface area contributed by atoms with Crippen LogP contribution in [0.15, 0.2) is 23.3 Å². The molecule has 0 aliphatic carbocycles. The highest BCUT2D eigenvalue weighted by Crippen LogP contribution is 2.10. The molecule has 0 aromatic rings. The van der Waals surface area contributed by atoms with Gasteiger partial charge in [-0.3, -0.25) is 0 Å². The van der Waals surface area contributed by atoms with Gasteiger partial charge < -0.3 is 9.47 Å². The second-order valence-electron chi connectivity index (χ2n) is 3.38. The predicted octanol–water partition coefficient (Wildman–Crippen LogP) is 2.09. The highest BCUT2D eigenvalue weighted by molar-refractivity contribution is 5.87. The van der Waals surface area contributed by atoms with Crippen LogP contribution in [0.1, 0.15) is 20.3 Å². The van der Waals surface area contributed by atoms with E-state index in [-0.39, 0.29) is 12.1 Å². The van der Waals surface area contributed by atoms with Gasteiger partial charge in [0.1, 0.15) is 0 Å². The quantitative estimate of drug-likeness (QED) is 0.309. The topological polar surface area (TPSA) is 35.5 Å². The van der Waals surface area contributed by atoms with Crippen LogP contribution in [-0.4, -0.2) is 26.3 Å². The van der Waals surface area contributed by atoms with Gasteiger partial charge in [0.05, 0.1) is 13.2 Å². The lowest BCUT2D eigenvalue weighted by Crippen LogP contribution is -2.10. The molecule has 0 spiro atoms. The van der Waals surface area contributed by atoms with Gasteiger partial charge in [-0.15, -0.1) is 12.3 Å². The first kappa shape index (κ1) is 14.5. The fourth-order valence-electron chi connectivity index (χ4n) is 1.13. The number of terminal acetylenes is 1. The zero-order valence-electron chi connectivity index (χ0n) is 10.2. The van der Waals surface area contributed by atoms with Crippen LogP contribution in [-0.2, 0) is 14.3 Å².